The average Bonchev–Trinajstić information content (AvgIpc) is 3.34. The molecule has 1 fully saturated rings. The minimum absolute atomic E-state index is 0.0286. The van der Waals surface area contributed by atoms with Crippen LogP contribution in [0.5, 0.6) is 0 Å². The quantitative estimate of drug-likeness (QED) is 0.427. The van der Waals surface area contributed by atoms with Crippen LogP contribution in [0, 0.1) is 0 Å². The first-order chi connectivity index (χ1) is 17.4. The summed E-state index contributed by atoms with van der Waals surface area (Å²) in [6.45, 7) is 2.38. The van der Waals surface area contributed by atoms with Crippen molar-refractivity contribution in [2.24, 2.45) is 0 Å². The second-order valence-corrected chi connectivity index (χ2v) is 12.0. The third-order valence-corrected chi connectivity index (χ3v) is 8.17. The van der Waals surface area contributed by atoms with Crippen molar-refractivity contribution in [1.82, 2.24) is 10.2 Å². The van der Waals surface area contributed by atoms with Gasteiger partial charge in [-0.25, -0.2) is 8.42 Å². The number of carbonyl (C=O) groups excluding carboxylic acids is 3. The first kappa shape index (κ1) is 28.9. The van der Waals surface area contributed by atoms with Crippen LogP contribution in [-0.4, -0.2) is 55.8 Å². The normalized spacial score (nSPS) is 14.7. The second-order valence-electron chi connectivity index (χ2n) is 9.30. The number of Topliss-reactive ketones (excluding diaryl/α,β-unsaturated/α-hetero) is 1. The second kappa shape index (κ2) is 12.3. The molecule has 2 amide bonds. The molecule has 0 aromatic heterocycles. The maximum atomic E-state index is 13.7. The van der Waals surface area contributed by atoms with E-state index in [2.05, 4.69) is 5.32 Å². The van der Waals surface area contributed by atoms with E-state index >= 15 is 0 Å². The molecule has 2 aromatic rings. The minimum atomic E-state index is -3.91. The molecule has 0 aliphatic heterocycles. The van der Waals surface area contributed by atoms with Gasteiger partial charge in [0.2, 0.25) is 21.8 Å². The van der Waals surface area contributed by atoms with Crippen molar-refractivity contribution in [3.63, 3.8) is 0 Å². The van der Waals surface area contributed by atoms with E-state index in [1.54, 1.807) is 37.3 Å². The third-order valence-electron chi connectivity index (χ3n) is 6.44. The highest BCUT2D eigenvalue weighted by molar-refractivity contribution is 7.92. The lowest BCUT2D eigenvalue weighted by Crippen LogP contribution is -2.52. The summed E-state index contributed by atoms with van der Waals surface area (Å²) in [6, 6.07) is 10.0. The number of nitrogens with one attached hydrogen (secondary N) is 1. The van der Waals surface area contributed by atoms with Gasteiger partial charge in [0.1, 0.15) is 12.6 Å². The summed E-state index contributed by atoms with van der Waals surface area (Å²) in [5, 5.41) is 3.75. The Morgan fingerprint density at radius 1 is 1.08 bits per heavy atom. The van der Waals surface area contributed by atoms with Crippen LogP contribution in [0.3, 0.4) is 0 Å². The highest BCUT2D eigenvalue weighted by Crippen LogP contribution is 2.25. The number of sulfonamides is 1. The van der Waals surface area contributed by atoms with Gasteiger partial charge < -0.3 is 10.2 Å². The average molecular weight is 569 g/mol. The topological polar surface area (TPSA) is 104 Å². The minimum Gasteiger partial charge on any atom is -0.352 e. The first-order valence-corrected chi connectivity index (χ1v) is 14.6. The van der Waals surface area contributed by atoms with Crippen LogP contribution >= 0.6 is 23.2 Å². The zero-order chi connectivity index (χ0) is 27.3. The van der Waals surface area contributed by atoms with E-state index in [1.165, 1.54) is 24.0 Å². The highest BCUT2D eigenvalue weighted by Gasteiger charge is 2.32. The molecule has 1 unspecified atom stereocenters. The van der Waals surface area contributed by atoms with Crippen LogP contribution in [0.4, 0.5) is 5.69 Å². The van der Waals surface area contributed by atoms with Crippen molar-refractivity contribution < 1.29 is 22.8 Å². The fraction of sp³-hybridized carbons (Fsp3) is 0.423. The Hall–Kier alpha value is -2.62. The predicted octanol–water partition coefficient (Wildman–Crippen LogP) is 4.44. The largest absolute Gasteiger partial charge is 0.352 e. The molecule has 1 saturated carbocycles. The zero-order valence-electron chi connectivity index (χ0n) is 21.0. The Morgan fingerprint density at radius 3 is 2.35 bits per heavy atom. The standard InChI is InChI=1S/C26H31Cl2N3O5S/c1-17(26(34)29-22-8-4-5-9-22)30(15-20-11-12-21(27)14-24(20)28)25(33)16-31(37(3,35)36)23-10-6-7-19(13-23)18(2)32/h6-7,10-14,17,22H,4-5,8-9,15-16H2,1-3H3,(H,29,34). The molecule has 1 atom stereocenters. The van der Waals surface area contributed by atoms with Crippen molar-refractivity contribution in [2.45, 2.75) is 58.2 Å². The van der Waals surface area contributed by atoms with Gasteiger partial charge in [0, 0.05) is 28.2 Å². The third kappa shape index (κ3) is 7.69. The summed E-state index contributed by atoms with van der Waals surface area (Å²) < 4.78 is 26.4. The van der Waals surface area contributed by atoms with E-state index in [4.69, 9.17) is 23.2 Å². The van der Waals surface area contributed by atoms with Gasteiger partial charge in [-0.1, -0.05) is 54.2 Å². The molecule has 11 heteroatoms. The number of anilines is 1. The SMILES string of the molecule is CC(=O)c1cccc(N(CC(=O)N(Cc2ccc(Cl)cc2Cl)C(C)C(=O)NC2CCCC2)S(C)(=O)=O)c1. The molecular formula is C26H31Cl2N3O5S. The van der Waals surface area contributed by atoms with Gasteiger partial charge in [0.15, 0.2) is 5.78 Å². The van der Waals surface area contributed by atoms with Crippen molar-refractivity contribution in [3.05, 3.63) is 63.6 Å². The van der Waals surface area contributed by atoms with Crippen molar-refractivity contribution in [1.29, 1.82) is 0 Å². The monoisotopic (exact) mass is 567 g/mol. The summed E-state index contributed by atoms with van der Waals surface area (Å²) in [5.41, 5.74) is 1.05. The van der Waals surface area contributed by atoms with E-state index in [9.17, 15) is 22.8 Å². The number of amides is 2. The fourth-order valence-corrected chi connectivity index (χ4v) is 5.61. The van der Waals surface area contributed by atoms with Gasteiger partial charge in [-0.2, -0.15) is 0 Å². The number of halogens is 2. The molecule has 37 heavy (non-hydrogen) atoms. The van der Waals surface area contributed by atoms with Gasteiger partial charge in [-0.3, -0.25) is 18.7 Å². The number of benzene rings is 2. The van der Waals surface area contributed by atoms with Gasteiger partial charge >= 0.3 is 0 Å². The lowest BCUT2D eigenvalue weighted by molar-refractivity contribution is -0.139. The van der Waals surface area contributed by atoms with Gasteiger partial charge in [-0.15, -0.1) is 0 Å². The van der Waals surface area contributed by atoms with Crippen LogP contribution in [-0.2, 0) is 26.2 Å². The van der Waals surface area contributed by atoms with E-state index in [1.807, 2.05) is 0 Å². The molecule has 2 aromatic carbocycles. The number of hydrogen-bond acceptors (Lipinski definition) is 5. The number of ketones is 1. The number of carbonyl (C=O) groups is 3. The molecule has 0 spiro atoms. The number of rotatable bonds is 10. The van der Waals surface area contributed by atoms with Crippen molar-refractivity contribution in [2.75, 3.05) is 17.1 Å². The van der Waals surface area contributed by atoms with Gasteiger partial charge in [-0.05, 0) is 56.5 Å². The molecule has 0 bridgehead atoms. The van der Waals surface area contributed by atoms with Crippen LogP contribution < -0.4 is 9.62 Å². The van der Waals surface area contributed by atoms with Crippen LogP contribution in [0.15, 0.2) is 42.5 Å². The molecule has 0 heterocycles. The van der Waals surface area contributed by atoms with Crippen LogP contribution in [0.2, 0.25) is 10.0 Å². The Labute approximate surface area is 228 Å². The Morgan fingerprint density at radius 2 is 1.76 bits per heavy atom. The molecule has 3 rings (SSSR count). The summed E-state index contributed by atoms with van der Waals surface area (Å²) in [6.07, 6.45) is 4.81. The van der Waals surface area contributed by atoms with Crippen molar-refractivity contribution in [3.8, 4) is 0 Å². The van der Waals surface area contributed by atoms with E-state index < -0.39 is 28.5 Å². The van der Waals surface area contributed by atoms with Gasteiger partial charge in [0.25, 0.3) is 0 Å². The van der Waals surface area contributed by atoms with Crippen molar-refractivity contribution >= 4 is 56.5 Å². The smallest absolute Gasteiger partial charge is 0.244 e. The van der Waals surface area contributed by atoms with E-state index in [0.29, 0.717) is 21.2 Å². The number of hydrogen-bond donors (Lipinski definition) is 1. The maximum Gasteiger partial charge on any atom is 0.244 e. The molecule has 200 valence electrons. The molecule has 1 aliphatic carbocycles. The lowest BCUT2D eigenvalue weighted by atomic mass is 10.1. The number of nitrogens with zero attached hydrogens (tertiary/aromatic N) is 2. The van der Waals surface area contributed by atoms with E-state index in [0.717, 1.165) is 36.2 Å². The van der Waals surface area contributed by atoms with Crippen LogP contribution in [0.1, 0.15) is 55.5 Å². The fourth-order valence-electron chi connectivity index (χ4n) is 4.30. The first-order valence-electron chi connectivity index (χ1n) is 12.0. The molecule has 1 aliphatic rings. The Balaban J connectivity index is 1.93. The van der Waals surface area contributed by atoms with Gasteiger partial charge in [0.05, 0.1) is 11.9 Å². The lowest BCUT2D eigenvalue weighted by Gasteiger charge is -2.32. The maximum absolute atomic E-state index is 13.7. The molecule has 8 nitrogen and oxygen atoms in total. The summed E-state index contributed by atoms with van der Waals surface area (Å²) in [7, 11) is -3.91. The van der Waals surface area contributed by atoms with E-state index in [-0.39, 0.29) is 30.0 Å². The molecule has 0 saturated heterocycles. The van der Waals surface area contributed by atoms with Crippen LogP contribution in [0.25, 0.3) is 0 Å². The molecular weight excluding hydrogens is 537 g/mol. The predicted molar refractivity (Wildman–Crippen MR) is 146 cm³/mol. The summed E-state index contributed by atoms with van der Waals surface area (Å²) >= 11 is 12.4. The summed E-state index contributed by atoms with van der Waals surface area (Å²) in [4.78, 5) is 39.9. The Kier molecular flexibility index (Phi) is 9.61. The Bertz CT molecular complexity index is 1280. The highest BCUT2D eigenvalue weighted by atomic mass is 35.5. The molecule has 0 radical (unpaired) electrons. The molecule has 1 N–H and O–H groups in total. The zero-order valence-corrected chi connectivity index (χ0v) is 23.4. The summed E-state index contributed by atoms with van der Waals surface area (Å²) in [5.74, 6) is -1.16.